The van der Waals surface area contributed by atoms with E-state index in [9.17, 15) is 5.11 Å². The monoisotopic (exact) mass is 210 g/mol. The molecule has 0 aliphatic carbocycles. The quantitative estimate of drug-likeness (QED) is 0.808. The maximum atomic E-state index is 10.3. The minimum Gasteiger partial charge on any atom is -0.390 e. The van der Waals surface area contributed by atoms with Crippen LogP contribution >= 0.6 is 0 Å². The van der Waals surface area contributed by atoms with E-state index in [1.165, 1.54) is 5.56 Å². The molecule has 3 nitrogen and oxygen atoms in total. The van der Waals surface area contributed by atoms with Gasteiger partial charge in [0.05, 0.1) is 11.8 Å². The third kappa shape index (κ3) is 3.06. The molecule has 86 valence electrons. The Bertz CT molecular complexity index is 306. The Morgan fingerprint density at radius 3 is 2.60 bits per heavy atom. The lowest BCUT2D eigenvalue weighted by atomic mass is 9.83. The third-order valence-corrected chi connectivity index (χ3v) is 3.29. The molecule has 0 amide bonds. The van der Waals surface area contributed by atoms with Crippen molar-refractivity contribution >= 4 is 0 Å². The Morgan fingerprint density at radius 2 is 2.20 bits per heavy atom. The summed E-state index contributed by atoms with van der Waals surface area (Å²) >= 11 is 0. The van der Waals surface area contributed by atoms with Crippen LogP contribution in [0.3, 0.4) is 0 Å². The van der Waals surface area contributed by atoms with Crippen molar-refractivity contribution in [3.8, 4) is 0 Å². The first kappa shape index (κ1) is 12.2. The molecule has 15 heavy (non-hydrogen) atoms. The maximum absolute atomic E-state index is 10.3. The lowest BCUT2D eigenvalue weighted by Crippen LogP contribution is -2.34. The van der Waals surface area contributed by atoms with Crippen LogP contribution < -0.4 is 0 Å². The van der Waals surface area contributed by atoms with Crippen molar-refractivity contribution in [3.63, 3.8) is 0 Å². The third-order valence-electron chi connectivity index (χ3n) is 3.29. The van der Waals surface area contributed by atoms with Crippen molar-refractivity contribution in [1.82, 2.24) is 9.78 Å². The highest BCUT2D eigenvalue weighted by atomic mass is 16.3. The van der Waals surface area contributed by atoms with Crippen LogP contribution in [0.4, 0.5) is 0 Å². The van der Waals surface area contributed by atoms with Crippen molar-refractivity contribution in [1.29, 1.82) is 0 Å². The molecule has 0 aromatic carbocycles. The number of rotatable bonds is 5. The number of aryl methyl sites for hydroxylation is 2. The van der Waals surface area contributed by atoms with Gasteiger partial charge in [-0.05, 0) is 30.7 Å². The molecule has 0 bridgehead atoms. The van der Waals surface area contributed by atoms with Gasteiger partial charge in [-0.1, -0.05) is 20.8 Å². The summed E-state index contributed by atoms with van der Waals surface area (Å²) in [6, 6.07) is 0. The lowest BCUT2D eigenvalue weighted by molar-refractivity contribution is -0.0162. The molecule has 0 spiro atoms. The summed E-state index contributed by atoms with van der Waals surface area (Å²) in [5.41, 5.74) is 0.667. The molecule has 0 saturated carbocycles. The largest absolute Gasteiger partial charge is 0.390 e. The molecular weight excluding hydrogens is 188 g/mol. The minimum atomic E-state index is -0.532. The van der Waals surface area contributed by atoms with Gasteiger partial charge in [-0.15, -0.1) is 0 Å². The molecule has 1 rings (SSSR count). The smallest absolute Gasteiger partial charge is 0.0671 e. The zero-order valence-electron chi connectivity index (χ0n) is 10.2. The van der Waals surface area contributed by atoms with E-state index >= 15 is 0 Å². The Morgan fingerprint density at radius 1 is 1.53 bits per heavy atom. The van der Waals surface area contributed by atoms with Crippen LogP contribution in [0.1, 0.15) is 39.2 Å². The highest BCUT2D eigenvalue weighted by molar-refractivity contribution is 5.04. The number of aromatic nitrogens is 2. The molecule has 0 radical (unpaired) electrons. The van der Waals surface area contributed by atoms with E-state index < -0.39 is 5.60 Å². The number of hydrogen-bond donors (Lipinski definition) is 1. The molecule has 1 heterocycles. The zero-order chi connectivity index (χ0) is 11.5. The lowest BCUT2D eigenvalue weighted by Gasteiger charge is -2.31. The SMILES string of the molecule is CCC(O)(CCc1cnn(C)c1)C(C)C. The van der Waals surface area contributed by atoms with Crippen molar-refractivity contribution in [2.24, 2.45) is 13.0 Å². The fourth-order valence-electron chi connectivity index (χ4n) is 1.84. The minimum absolute atomic E-state index is 0.305. The van der Waals surface area contributed by atoms with Crippen molar-refractivity contribution < 1.29 is 5.11 Å². The molecule has 0 aliphatic rings. The van der Waals surface area contributed by atoms with E-state index in [1.54, 1.807) is 4.68 Å². The summed E-state index contributed by atoms with van der Waals surface area (Å²) in [5, 5.41) is 14.5. The van der Waals surface area contributed by atoms with Gasteiger partial charge in [0, 0.05) is 13.2 Å². The van der Waals surface area contributed by atoms with E-state index in [0.717, 1.165) is 19.3 Å². The second kappa shape index (κ2) is 4.79. The van der Waals surface area contributed by atoms with Crippen molar-refractivity contribution in [2.45, 2.75) is 45.6 Å². The highest BCUT2D eigenvalue weighted by Gasteiger charge is 2.28. The average molecular weight is 210 g/mol. The van der Waals surface area contributed by atoms with Crippen LogP contribution in [0.25, 0.3) is 0 Å². The number of nitrogens with zero attached hydrogens (tertiary/aromatic N) is 2. The molecule has 0 fully saturated rings. The molecule has 3 heteroatoms. The predicted molar refractivity (Wildman–Crippen MR) is 61.6 cm³/mol. The number of hydrogen-bond acceptors (Lipinski definition) is 2. The van der Waals surface area contributed by atoms with Gasteiger partial charge in [0.15, 0.2) is 0 Å². The van der Waals surface area contributed by atoms with Gasteiger partial charge >= 0.3 is 0 Å². The van der Waals surface area contributed by atoms with Gasteiger partial charge in [-0.3, -0.25) is 4.68 Å². The van der Waals surface area contributed by atoms with Gasteiger partial charge in [0.2, 0.25) is 0 Å². The van der Waals surface area contributed by atoms with Crippen LogP contribution in [0.2, 0.25) is 0 Å². The highest BCUT2D eigenvalue weighted by Crippen LogP contribution is 2.26. The van der Waals surface area contributed by atoms with Gasteiger partial charge in [0.1, 0.15) is 0 Å². The summed E-state index contributed by atoms with van der Waals surface area (Å²) in [7, 11) is 1.91. The van der Waals surface area contributed by atoms with Gasteiger partial charge in [-0.25, -0.2) is 0 Å². The average Bonchev–Trinajstić information content (AvgIpc) is 2.60. The molecule has 0 saturated heterocycles. The molecule has 1 atom stereocenters. The molecule has 1 aromatic heterocycles. The second-order valence-corrected chi connectivity index (χ2v) is 4.63. The summed E-state index contributed by atoms with van der Waals surface area (Å²) in [4.78, 5) is 0. The van der Waals surface area contributed by atoms with Crippen LogP contribution in [0.5, 0.6) is 0 Å². The van der Waals surface area contributed by atoms with Crippen LogP contribution in [-0.4, -0.2) is 20.5 Å². The summed E-state index contributed by atoms with van der Waals surface area (Å²) in [6.45, 7) is 6.20. The Hall–Kier alpha value is -0.830. The first-order valence-electron chi connectivity index (χ1n) is 5.68. The van der Waals surface area contributed by atoms with E-state index in [0.29, 0.717) is 5.92 Å². The Balaban J connectivity index is 2.55. The fourth-order valence-corrected chi connectivity index (χ4v) is 1.84. The summed E-state index contributed by atoms with van der Waals surface area (Å²) in [5.74, 6) is 0.305. The molecule has 0 aliphatic heterocycles. The standard InChI is InChI=1S/C12H22N2O/c1-5-12(15,10(2)3)7-6-11-8-13-14(4)9-11/h8-10,15H,5-7H2,1-4H3. The maximum Gasteiger partial charge on any atom is 0.0671 e. The first-order valence-corrected chi connectivity index (χ1v) is 5.68. The van der Waals surface area contributed by atoms with Crippen LogP contribution in [0.15, 0.2) is 12.4 Å². The number of aliphatic hydroxyl groups is 1. The predicted octanol–water partition coefficient (Wildman–Crippen LogP) is 2.15. The van der Waals surface area contributed by atoms with E-state index in [4.69, 9.17) is 0 Å². The second-order valence-electron chi connectivity index (χ2n) is 4.63. The normalized spacial score (nSPS) is 15.6. The van der Waals surface area contributed by atoms with Crippen molar-refractivity contribution in [3.05, 3.63) is 18.0 Å². The van der Waals surface area contributed by atoms with Crippen LogP contribution in [0, 0.1) is 5.92 Å². The van der Waals surface area contributed by atoms with Gasteiger partial charge in [-0.2, -0.15) is 5.10 Å². The molecule has 1 aromatic rings. The summed E-state index contributed by atoms with van der Waals surface area (Å²) < 4.78 is 1.80. The Labute approximate surface area is 92.1 Å². The van der Waals surface area contributed by atoms with E-state index in [1.807, 2.05) is 26.4 Å². The van der Waals surface area contributed by atoms with E-state index in [-0.39, 0.29) is 0 Å². The van der Waals surface area contributed by atoms with Crippen LogP contribution in [-0.2, 0) is 13.5 Å². The van der Waals surface area contributed by atoms with Gasteiger partial charge < -0.3 is 5.11 Å². The zero-order valence-corrected chi connectivity index (χ0v) is 10.2. The van der Waals surface area contributed by atoms with Gasteiger partial charge in [0.25, 0.3) is 0 Å². The van der Waals surface area contributed by atoms with Crippen molar-refractivity contribution in [2.75, 3.05) is 0 Å². The first-order chi connectivity index (χ1) is 6.98. The summed E-state index contributed by atoms with van der Waals surface area (Å²) in [6.07, 6.45) is 6.40. The topological polar surface area (TPSA) is 38.1 Å². The molecular formula is C12H22N2O. The van der Waals surface area contributed by atoms with E-state index in [2.05, 4.69) is 18.9 Å². The fraction of sp³-hybridized carbons (Fsp3) is 0.750. The molecule has 1 N–H and O–H groups in total. The Kier molecular flexibility index (Phi) is 3.91. The molecule has 1 unspecified atom stereocenters.